The molecule has 1 rings (SSSR count). The van der Waals surface area contributed by atoms with Crippen LogP contribution < -0.4 is 11.1 Å². The van der Waals surface area contributed by atoms with E-state index in [0.717, 1.165) is 0 Å². The van der Waals surface area contributed by atoms with Crippen LogP contribution in [0.3, 0.4) is 0 Å². The van der Waals surface area contributed by atoms with Crippen molar-refractivity contribution >= 4 is 11.8 Å². The van der Waals surface area contributed by atoms with Gasteiger partial charge in [0.2, 0.25) is 11.8 Å². The fraction of sp³-hybridized carbons (Fsp3) is 0.750. The van der Waals surface area contributed by atoms with Crippen LogP contribution in [0, 0.1) is 0 Å². The van der Waals surface area contributed by atoms with Gasteiger partial charge in [0.25, 0.3) is 0 Å². The predicted octanol–water partition coefficient (Wildman–Crippen LogP) is -1.32. The Balaban J connectivity index is 2.57. The molecule has 1 heterocycles. The van der Waals surface area contributed by atoms with Crippen molar-refractivity contribution < 1.29 is 9.59 Å². The summed E-state index contributed by atoms with van der Waals surface area (Å²) in [5.74, 6) is -0.386. The molecular weight excluding hydrogens is 170 g/mol. The molecule has 0 radical (unpaired) electrons. The summed E-state index contributed by atoms with van der Waals surface area (Å²) in [5, 5.41) is 2.70. The minimum Gasteiger partial charge on any atom is -0.368 e. The second-order valence-corrected chi connectivity index (χ2v) is 3.15. The van der Waals surface area contributed by atoms with Gasteiger partial charge in [0.1, 0.15) is 0 Å². The molecule has 1 fully saturated rings. The van der Waals surface area contributed by atoms with Gasteiger partial charge in [-0.25, -0.2) is 0 Å². The van der Waals surface area contributed by atoms with Crippen molar-refractivity contribution in [2.75, 3.05) is 19.6 Å². The molecule has 0 aromatic heterocycles. The van der Waals surface area contributed by atoms with Crippen LogP contribution in [-0.4, -0.2) is 42.4 Å². The maximum atomic E-state index is 11.0. The minimum absolute atomic E-state index is 0.0362. The molecule has 1 aliphatic rings. The molecule has 2 amide bonds. The summed E-state index contributed by atoms with van der Waals surface area (Å²) in [6.45, 7) is 3.47. The Kier molecular flexibility index (Phi) is 3.25. The van der Waals surface area contributed by atoms with Crippen molar-refractivity contribution in [3.8, 4) is 0 Å². The Bertz CT molecular complexity index is 217. The lowest BCUT2D eigenvalue weighted by molar-refractivity contribution is -0.129. The molecule has 0 aromatic rings. The summed E-state index contributed by atoms with van der Waals surface area (Å²) >= 11 is 0. The van der Waals surface area contributed by atoms with Crippen molar-refractivity contribution in [3.63, 3.8) is 0 Å². The number of rotatable bonds is 3. The average molecular weight is 185 g/mol. The smallest absolute Gasteiger partial charge is 0.234 e. The van der Waals surface area contributed by atoms with E-state index in [4.69, 9.17) is 5.73 Å². The molecule has 0 spiro atoms. The summed E-state index contributed by atoms with van der Waals surface area (Å²) in [5.41, 5.74) is 5.21. The third-order valence-electron chi connectivity index (χ3n) is 2.22. The standard InChI is InChI=1S/C8H15N3O2/c1-2-6(8(9)13)11-4-3-10-7(12)5-11/h6H,2-5H2,1H3,(H2,9,13)(H,10,12). The molecule has 1 atom stereocenters. The maximum Gasteiger partial charge on any atom is 0.234 e. The van der Waals surface area contributed by atoms with Crippen molar-refractivity contribution in [2.24, 2.45) is 5.73 Å². The van der Waals surface area contributed by atoms with Crippen LogP contribution in [0.1, 0.15) is 13.3 Å². The average Bonchev–Trinajstić information content (AvgIpc) is 2.04. The summed E-state index contributed by atoms with van der Waals surface area (Å²) in [6, 6.07) is -0.300. The number of carbonyl (C=O) groups excluding carboxylic acids is 2. The van der Waals surface area contributed by atoms with Gasteiger partial charge < -0.3 is 11.1 Å². The first kappa shape index (κ1) is 9.98. The molecule has 3 N–H and O–H groups in total. The van der Waals surface area contributed by atoms with E-state index < -0.39 is 0 Å². The van der Waals surface area contributed by atoms with Crippen LogP contribution in [0.4, 0.5) is 0 Å². The van der Waals surface area contributed by atoms with Crippen molar-refractivity contribution in [3.05, 3.63) is 0 Å². The first-order valence-electron chi connectivity index (χ1n) is 4.45. The molecule has 1 unspecified atom stereocenters. The van der Waals surface area contributed by atoms with Gasteiger partial charge in [-0.1, -0.05) is 6.92 Å². The fourth-order valence-electron chi connectivity index (χ4n) is 1.56. The molecule has 0 aromatic carbocycles. The number of nitrogens with two attached hydrogens (primary N) is 1. The molecule has 0 bridgehead atoms. The Morgan fingerprint density at radius 1 is 1.77 bits per heavy atom. The zero-order chi connectivity index (χ0) is 9.84. The lowest BCUT2D eigenvalue weighted by Gasteiger charge is -2.31. The third kappa shape index (κ3) is 2.42. The van der Waals surface area contributed by atoms with E-state index in [1.807, 2.05) is 11.8 Å². The van der Waals surface area contributed by atoms with Gasteiger partial charge in [-0.2, -0.15) is 0 Å². The first-order valence-corrected chi connectivity index (χ1v) is 4.45. The monoisotopic (exact) mass is 185 g/mol. The SMILES string of the molecule is CCC(C(N)=O)N1CCNC(=O)C1. The Labute approximate surface area is 77.3 Å². The highest BCUT2D eigenvalue weighted by atomic mass is 16.2. The molecule has 1 saturated heterocycles. The largest absolute Gasteiger partial charge is 0.368 e. The number of amides is 2. The maximum absolute atomic E-state index is 11.0. The lowest BCUT2D eigenvalue weighted by Crippen LogP contribution is -2.55. The second-order valence-electron chi connectivity index (χ2n) is 3.15. The summed E-state index contributed by atoms with van der Waals surface area (Å²) in [6.07, 6.45) is 0.655. The summed E-state index contributed by atoms with van der Waals surface area (Å²) in [4.78, 5) is 23.8. The van der Waals surface area contributed by atoms with Crippen LogP contribution >= 0.6 is 0 Å². The van der Waals surface area contributed by atoms with Crippen molar-refractivity contribution in [2.45, 2.75) is 19.4 Å². The molecule has 0 saturated carbocycles. The first-order chi connectivity index (χ1) is 6.15. The fourth-order valence-corrected chi connectivity index (χ4v) is 1.56. The van der Waals surface area contributed by atoms with E-state index in [1.54, 1.807) is 0 Å². The van der Waals surface area contributed by atoms with Crippen molar-refractivity contribution in [1.82, 2.24) is 10.2 Å². The Morgan fingerprint density at radius 3 is 2.92 bits per heavy atom. The van der Waals surface area contributed by atoms with Crippen LogP contribution in [0.5, 0.6) is 0 Å². The zero-order valence-electron chi connectivity index (χ0n) is 7.75. The van der Waals surface area contributed by atoms with Gasteiger partial charge in [-0.3, -0.25) is 14.5 Å². The number of hydrogen-bond acceptors (Lipinski definition) is 3. The van der Waals surface area contributed by atoms with E-state index in [9.17, 15) is 9.59 Å². The summed E-state index contributed by atoms with van der Waals surface area (Å²) < 4.78 is 0. The second kappa shape index (κ2) is 4.23. The molecule has 0 aliphatic carbocycles. The van der Waals surface area contributed by atoms with Crippen molar-refractivity contribution in [1.29, 1.82) is 0 Å². The quantitative estimate of drug-likeness (QED) is 0.572. The Morgan fingerprint density at radius 2 is 2.46 bits per heavy atom. The minimum atomic E-state index is -0.350. The van der Waals surface area contributed by atoms with Gasteiger partial charge in [-0.05, 0) is 6.42 Å². The zero-order valence-corrected chi connectivity index (χ0v) is 7.75. The van der Waals surface area contributed by atoms with E-state index in [1.165, 1.54) is 0 Å². The van der Waals surface area contributed by atoms with Crippen LogP contribution in [0.15, 0.2) is 0 Å². The van der Waals surface area contributed by atoms with Gasteiger partial charge >= 0.3 is 0 Å². The van der Waals surface area contributed by atoms with Gasteiger partial charge in [0, 0.05) is 13.1 Å². The number of piperazine rings is 1. The normalized spacial score (nSPS) is 20.8. The highest BCUT2D eigenvalue weighted by Crippen LogP contribution is 2.04. The van der Waals surface area contributed by atoms with Gasteiger partial charge in [0.15, 0.2) is 0 Å². The number of nitrogens with zero attached hydrogens (tertiary/aromatic N) is 1. The highest BCUT2D eigenvalue weighted by molar-refractivity contribution is 5.83. The predicted molar refractivity (Wildman–Crippen MR) is 47.9 cm³/mol. The number of carbonyl (C=O) groups is 2. The highest BCUT2D eigenvalue weighted by Gasteiger charge is 2.26. The third-order valence-corrected chi connectivity index (χ3v) is 2.22. The molecule has 5 nitrogen and oxygen atoms in total. The van der Waals surface area contributed by atoms with Crippen LogP contribution in [-0.2, 0) is 9.59 Å². The van der Waals surface area contributed by atoms with Crippen LogP contribution in [0.2, 0.25) is 0 Å². The lowest BCUT2D eigenvalue weighted by atomic mass is 10.1. The van der Waals surface area contributed by atoms with Gasteiger partial charge in [-0.15, -0.1) is 0 Å². The Hall–Kier alpha value is -1.10. The number of nitrogens with one attached hydrogen (secondary N) is 1. The van der Waals surface area contributed by atoms with E-state index in [-0.39, 0.29) is 24.4 Å². The summed E-state index contributed by atoms with van der Waals surface area (Å²) in [7, 11) is 0. The molecular formula is C8H15N3O2. The molecule has 74 valence electrons. The topological polar surface area (TPSA) is 75.4 Å². The van der Waals surface area contributed by atoms with E-state index in [2.05, 4.69) is 5.32 Å². The number of primary amides is 1. The molecule has 1 aliphatic heterocycles. The molecule has 13 heavy (non-hydrogen) atoms. The van der Waals surface area contributed by atoms with Crippen LogP contribution in [0.25, 0.3) is 0 Å². The van der Waals surface area contributed by atoms with E-state index in [0.29, 0.717) is 19.5 Å². The number of hydrogen-bond donors (Lipinski definition) is 2. The molecule has 5 heteroatoms. The van der Waals surface area contributed by atoms with Gasteiger partial charge in [0.05, 0.1) is 12.6 Å². The van der Waals surface area contributed by atoms with E-state index >= 15 is 0 Å².